The monoisotopic (exact) mass is 456 g/mol. The van der Waals surface area contributed by atoms with Crippen LogP contribution < -0.4 is 15.8 Å². The minimum absolute atomic E-state index is 0.0605. The second-order valence-electron chi connectivity index (χ2n) is 7.65. The molecule has 6 nitrogen and oxygen atoms in total. The van der Waals surface area contributed by atoms with Crippen LogP contribution in [0.4, 0.5) is 9.39 Å². The zero-order valence-electron chi connectivity index (χ0n) is 16.6. The number of benzene rings is 2. The van der Waals surface area contributed by atoms with Crippen LogP contribution in [0, 0.1) is 24.1 Å². The Morgan fingerprint density at radius 3 is 3.00 bits per heavy atom. The molecule has 2 aliphatic rings. The highest BCUT2D eigenvalue weighted by molar-refractivity contribution is 7.23. The molecule has 1 atom stereocenters. The minimum atomic E-state index is -0.448. The van der Waals surface area contributed by atoms with Gasteiger partial charge in [0.1, 0.15) is 29.2 Å². The number of rotatable bonds is 1. The van der Waals surface area contributed by atoms with Crippen LogP contribution in [0.5, 0.6) is 5.75 Å². The maximum absolute atomic E-state index is 14.5. The second-order valence-corrected chi connectivity index (χ2v) is 9.11. The molecular formula is C22H18ClFN4O2S. The summed E-state index contributed by atoms with van der Waals surface area (Å²) < 4.78 is 20.9. The lowest BCUT2D eigenvalue weighted by Gasteiger charge is -2.33. The number of amides is 1. The molecule has 1 saturated heterocycles. The number of nitrogens with one attached hydrogen (secondary N) is 1. The van der Waals surface area contributed by atoms with E-state index in [-0.39, 0.29) is 22.5 Å². The molecule has 2 aliphatic heterocycles. The van der Waals surface area contributed by atoms with Crippen molar-refractivity contribution in [1.82, 2.24) is 10.2 Å². The Labute approximate surface area is 187 Å². The number of carbonyl (C=O) groups is 1. The van der Waals surface area contributed by atoms with E-state index in [0.29, 0.717) is 62.8 Å². The Hall–Kier alpha value is -2.86. The van der Waals surface area contributed by atoms with Gasteiger partial charge in [0, 0.05) is 41.2 Å². The number of anilines is 1. The zero-order chi connectivity index (χ0) is 21.9. The normalized spacial score (nSPS) is 18.2. The van der Waals surface area contributed by atoms with Gasteiger partial charge in [-0.1, -0.05) is 17.7 Å². The number of halogens is 2. The molecule has 3 aromatic rings. The third kappa shape index (κ3) is 2.96. The van der Waals surface area contributed by atoms with Crippen molar-refractivity contribution in [2.45, 2.75) is 13.0 Å². The summed E-state index contributed by atoms with van der Waals surface area (Å²) in [5.74, 6) is -0.0911. The van der Waals surface area contributed by atoms with E-state index in [0.717, 1.165) is 17.9 Å². The summed E-state index contributed by atoms with van der Waals surface area (Å²) in [6.07, 6.45) is 0. The van der Waals surface area contributed by atoms with Crippen LogP contribution in [0.3, 0.4) is 0 Å². The lowest BCUT2D eigenvalue weighted by Crippen LogP contribution is -2.54. The summed E-state index contributed by atoms with van der Waals surface area (Å²) in [6.45, 7) is 4.18. The molecule has 2 aromatic carbocycles. The molecule has 1 fully saturated rings. The quantitative estimate of drug-likeness (QED) is 0.579. The molecule has 31 heavy (non-hydrogen) atoms. The standard InChI is InChI=1S/C22H18ClFN4O2S/c1-10-17(12-2-3-16(24)20-18(12)14(7-25)21(26)31-20)15(23)6-13-19(10)30-9-11-8-27-4-5-28(11)22(13)29/h2-3,6,11,27H,4-5,8-9,26H2,1H3/t11-/m1/s1. The smallest absolute Gasteiger partial charge is 0.258 e. The zero-order valence-corrected chi connectivity index (χ0v) is 18.2. The van der Waals surface area contributed by atoms with Crippen molar-refractivity contribution in [3.05, 3.63) is 45.7 Å². The Kier molecular flexibility index (Phi) is 4.77. The average Bonchev–Trinajstić information content (AvgIpc) is 3.03. The fraction of sp³-hybridized carbons (Fsp3) is 0.273. The number of ether oxygens (including phenoxy) is 1. The Balaban J connectivity index is 1.76. The predicted octanol–water partition coefficient (Wildman–Crippen LogP) is 3.93. The van der Waals surface area contributed by atoms with Gasteiger partial charge in [-0.2, -0.15) is 5.26 Å². The van der Waals surface area contributed by atoms with E-state index in [4.69, 9.17) is 22.1 Å². The highest BCUT2D eigenvalue weighted by atomic mass is 35.5. The molecular weight excluding hydrogens is 439 g/mol. The van der Waals surface area contributed by atoms with Gasteiger partial charge in [-0.15, -0.1) is 11.3 Å². The number of nitrogens with two attached hydrogens (primary N) is 1. The number of hydrogen-bond acceptors (Lipinski definition) is 6. The van der Waals surface area contributed by atoms with E-state index in [1.54, 1.807) is 12.1 Å². The van der Waals surface area contributed by atoms with Crippen LogP contribution in [-0.4, -0.2) is 43.1 Å². The molecule has 0 bridgehead atoms. The van der Waals surface area contributed by atoms with E-state index < -0.39 is 5.82 Å². The number of nitrogen functional groups attached to an aromatic ring is 1. The third-order valence-electron chi connectivity index (χ3n) is 5.93. The van der Waals surface area contributed by atoms with Crippen LogP contribution in [0.15, 0.2) is 18.2 Å². The van der Waals surface area contributed by atoms with E-state index >= 15 is 0 Å². The fourth-order valence-electron chi connectivity index (χ4n) is 4.45. The van der Waals surface area contributed by atoms with Crippen molar-refractivity contribution in [3.8, 4) is 22.9 Å². The first-order valence-electron chi connectivity index (χ1n) is 9.81. The van der Waals surface area contributed by atoms with Crippen LogP contribution in [-0.2, 0) is 0 Å². The fourth-order valence-corrected chi connectivity index (χ4v) is 5.76. The minimum Gasteiger partial charge on any atom is -0.490 e. The maximum atomic E-state index is 14.5. The van der Waals surface area contributed by atoms with Gasteiger partial charge in [-0.05, 0) is 24.6 Å². The molecule has 3 heterocycles. The lowest BCUT2D eigenvalue weighted by molar-refractivity contribution is 0.0606. The van der Waals surface area contributed by atoms with Crippen molar-refractivity contribution in [1.29, 1.82) is 5.26 Å². The highest BCUT2D eigenvalue weighted by Crippen LogP contribution is 2.46. The van der Waals surface area contributed by atoms with Gasteiger partial charge in [-0.25, -0.2) is 4.39 Å². The van der Waals surface area contributed by atoms with Gasteiger partial charge in [0.05, 0.1) is 21.9 Å². The Bertz CT molecular complexity index is 1300. The number of nitrogens with zero attached hydrogens (tertiary/aromatic N) is 2. The van der Waals surface area contributed by atoms with E-state index in [1.165, 1.54) is 6.07 Å². The first-order valence-corrected chi connectivity index (χ1v) is 11.0. The maximum Gasteiger partial charge on any atom is 0.258 e. The number of fused-ring (bicyclic) bond motifs is 3. The molecule has 0 saturated carbocycles. The Morgan fingerprint density at radius 1 is 1.42 bits per heavy atom. The van der Waals surface area contributed by atoms with Crippen LogP contribution >= 0.6 is 22.9 Å². The summed E-state index contributed by atoms with van der Waals surface area (Å²) in [6, 6.07) is 6.57. The molecule has 9 heteroatoms. The molecule has 0 unspecified atom stereocenters. The number of thiophene rings is 1. The average molecular weight is 457 g/mol. The summed E-state index contributed by atoms with van der Waals surface area (Å²) in [4.78, 5) is 15.1. The van der Waals surface area contributed by atoms with Crippen LogP contribution in [0.1, 0.15) is 21.5 Å². The van der Waals surface area contributed by atoms with Gasteiger partial charge in [-0.3, -0.25) is 4.79 Å². The SMILES string of the molecule is Cc1c2c(cc(Cl)c1-c1ccc(F)c3sc(N)c(C#N)c13)C(=O)N1CCNC[C@@H]1CO2. The third-order valence-corrected chi connectivity index (χ3v) is 7.26. The van der Waals surface area contributed by atoms with Crippen LogP contribution in [0.2, 0.25) is 5.02 Å². The number of carbonyl (C=O) groups excluding carboxylic acids is 1. The molecule has 0 spiro atoms. The molecule has 158 valence electrons. The molecule has 5 rings (SSSR count). The van der Waals surface area contributed by atoms with Gasteiger partial charge < -0.3 is 20.7 Å². The molecule has 1 aromatic heterocycles. The Morgan fingerprint density at radius 2 is 2.23 bits per heavy atom. The predicted molar refractivity (Wildman–Crippen MR) is 119 cm³/mol. The number of hydrogen-bond donors (Lipinski definition) is 2. The summed E-state index contributed by atoms with van der Waals surface area (Å²) >= 11 is 7.73. The largest absolute Gasteiger partial charge is 0.490 e. The topological polar surface area (TPSA) is 91.4 Å². The van der Waals surface area contributed by atoms with E-state index in [2.05, 4.69) is 11.4 Å². The van der Waals surface area contributed by atoms with Crippen molar-refractivity contribution in [2.24, 2.45) is 0 Å². The van der Waals surface area contributed by atoms with E-state index in [9.17, 15) is 14.4 Å². The van der Waals surface area contributed by atoms with Gasteiger partial charge in [0.2, 0.25) is 0 Å². The van der Waals surface area contributed by atoms with Crippen molar-refractivity contribution in [2.75, 3.05) is 32.0 Å². The number of nitriles is 1. The van der Waals surface area contributed by atoms with Crippen LogP contribution in [0.25, 0.3) is 21.2 Å². The van der Waals surface area contributed by atoms with Crippen molar-refractivity contribution in [3.63, 3.8) is 0 Å². The van der Waals surface area contributed by atoms with Gasteiger partial charge >= 0.3 is 0 Å². The molecule has 3 N–H and O–H groups in total. The summed E-state index contributed by atoms with van der Waals surface area (Å²) in [5, 5.41) is 13.9. The summed E-state index contributed by atoms with van der Waals surface area (Å²) in [7, 11) is 0. The summed E-state index contributed by atoms with van der Waals surface area (Å²) in [5.41, 5.74) is 8.49. The van der Waals surface area contributed by atoms with E-state index in [1.807, 2.05) is 11.8 Å². The molecule has 0 aliphatic carbocycles. The first kappa shape index (κ1) is 20.1. The van der Waals surface area contributed by atoms with Gasteiger partial charge in [0.25, 0.3) is 5.91 Å². The second kappa shape index (κ2) is 7.38. The lowest BCUT2D eigenvalue weighted by atomic mass is 9.93. The first-order chi connectivity index (χ1) is 14.9. The van der Waals surface area contributed by atoms with Crippen molar-refractivity contribution < 1.29 is 13.9 Å². The van der Waals surface area contributed by atoms with Crippen molar-refractivity contribution >= 4 is 43.9 Å². The molecule has 1 amide bonds. The molecule has 0 radical (unpaired) electrons. The number of piperazine rings is 1. The van der Waals surface area contributed by atoms with Gasteiger partial charge in [0.15, 0.2) is 0 Å². The highest BCUT2D eigenvalue weighted by Gasteiger charge is 2.35.